The molecule has 0 spiro atoms. The monoisotopic (exact) mass is 1020 g/mol. The molecule has 2 aliphatic heterocycles. The van der Waals surface area contributed by atoms with Crippen molar-refractivity contribution < 1.29 is 73.8 Å². The summed E-state index contributed by atoms with van der Waals surface area (Å²) >= 11 is 0. The van der Waals surface area contributed by atoms with Crippen LogP contribution < -0.4 is 0 Å². The van der Waals surface area contributed by atoms with Crippen molar-refractivity contribution in [3.63, 3.8) is 0 Å². The Morgan fingerprint density at radius 1 is 0.458 bits per heavy atom. The highest BCUT2D eigenvalue weighted by molar-refractivity contribution is 5.70. The van der Waals surface area contributed by atoms with Gasteiger partial charge in [-0.2, -0.15) is 0 Å². The number of hydrogen-bond donors (Lipinski definition) is 7. The van der Waals surface area contributed by atoms with Crippen LogP contribution in [0.15, 0.2) is 60.8 Å². The number of aliphatic hydroxyl groups is 7. The molecule has 5 unspecified atom stereocenters. The smallest absolute Gasteiger partial charge is 0.306 e. The number of ether oxygens (including phenoxy) is 6. The Morgan fingerprint density at radius 2 is 0.875 bits per heavy atom. The van der Waals surface area contributed by atoms with Crippen LogP contribution in [0.4, 0.5) is 0 Å². The molecule has 0 aromatic rings. The number of unbranched alkanes of at least 4 members (excludes halogenated alkanes) is 23. The van der Waals surface area contributed by atoms with Crippen molar-refractivity contribution in [3.8, 4) is 0 Å². The lowest BCUT2D eigenvalue weighted by molar-refractivity contribution is -0.332. The molecule has 2 saturated heterocycles. The first kappa shape index (κ1) is 65.3. The Labute approximate surface area is 432 Å². The first-order chi connectivity index (χ1) is 35.0. The Hall–Kier alpha value is -2.80. The summed E-state index contributed by atoms with van der Waals surface area (Å²) in [6.45, 7) is 2.38. The zero-order valence-corrected chi connectivity index (χ0v) is 44.1. The van der Waals surface area contributed by atoms with E-state index in [2.05, 4.69) is 19.9 Å². The Morgan fingerprint density at radius 3 is 1.36 bits per heavy atom. The van der Waals surface area contributed by atoms with Gasteiger partial charge in [0.25, 0.3) is 0 Å². The third kappa shape index (κ3) is 30.5. The quantitative estimate of drug-likeness (QED) is 0.0172. The van der Waals surface area contributed by atoms with Crippen LogP contribution in [-0.4, -0.2) is 142 Å². The maximum Gasteiger partial charge on any atom is 0.306 e. The van der Waals surface area contributed by atoms with Gasteiger partial charge in [-0.05, 0) is 25.7 Å². The Kier molecular flexibility index (Phi) is 39.4. The third-order valence-electron chi connectivity index (χ3n) is 13.1. The Bertz CT molecular complexity index is 1480. The second-order valence-electron chi connectivity index (χ2n) is 19.5. The summed E-state index contributed by atoms with van der Waals surface area (Å²) in [7, 11) is 0. The highest BCUT2D eigenvalue weighted by Crippen LogP contribution is 2.27. The summed E-state index contributed by atoms with van der Waals surface area (Å²) in [4.78, 5) is 25.8. The topological polar surface area (TPSA) is 231 Å². The van der Waals surface area contributed by atoms with E-state index in [0.717, 1.165) is 25.7 Å². The van der Waals surface area contributed by atoms with Gasteiger partial charge in [-0.3, -0.25) is 9.59 Å². The minimum absolute atomic E-state index is 0.0683. The van der Waals surface area contributed by atoms with Crippen molar-refractivity contribution in [1.82, 2.24) is 0 Å². The van der Waals surface area contributed by atoms with Gasteiger partial charge in [0.1, 0.15) is 55.4 Å². The molecular weight excluding hydrogens is 925 g/mol. The van der Waals surface area contributed by atoms with Gasteiger partial charge in [0, 0.05) is 12.8 Å². The molecule has 0 aliphatic carbocycles. The summed E-state index contributed by atoms with van der Waals surface area (Å²) in [6, 6.07) is 0. The van der Waals surface area contributed by atoms with Crippen molar-refractivity contribution in [2.24, 2.45) is 0 Å². The first-order valence-corrected chi connectivity index (χ1v) is 27.9. The molecule has 0 saturated carbocycles. The average molecular weight is 1020 g/mol. The van der Waals surface area contributed by atoms with E-state index in [-0.39, 0.29) is 19.4 Å². The fraction of sp³-hybridized carbons (Fsp3) is 0.789. The largest absolute Gasteiger partial charge is 0.462 e. The molecule has 2 heterocycles. The number of carbonyl (C=O) groups is 2. The van der Waals surface area contributed by atoms with Gasteiger partial charge in [-0.15, -0.1) is 0 Å². The minimum Gasteiger partial charge on any atom is -0.462 e. The second-order valence-corrected chi connectivity index (χ2v) is 19.5. The molecule has 0 aromatic carbocycles. The molecule has 0 amide bonds. The van der Waals surface area contributed by atoms with E-state index in [1.165, 1.54) is 122 Å². The first-order valence-electron chi connectivity index (χ1n) is 27.9. The number of rotatable bonds is 43. The van der Waals surface area contributed by atoms with E-state index in [0.29, 0.717) is 19.3 Å². The lowest BCUT2D eigenvalue weighted by Crippen LogP contribution is -2.61. The highest BCUT2D eigenvalue weighted by atomic mass is 16.7. The summed E-state index contributed by atoms with van der Waals surface area (Å²) in [5.41, 5.74) is 0. The predicted octanol–water partition coefficient (Wildman–Crippen LogP) is 8.83. The highest BCUT2D eigenvalue weighted by Gasteiger charge is 2.47. The molecule has 0 aromatic heterocycles. The van der Waals surface area contributed by atoms with Crippen molar-refractivity contribution in [1.29, 1.82) is 0 Å². The zero-order chi connectivity index (χ0) is 52.4. The van der Waals surface area contributed by atoms with Gasteiger partial charge in [0.05, 0.1) is 19.8 Å². The maximum atomic E-state index is 13.0. The van der Waals surface area contributed by atoms with E-state index in [9.17, 15) is 45.3 Å². The molecule has 416 valence electrons. The normalized spacial score (nSPS) is 25.5. The number of aliphatic hydroxyl groups excluding tert-OH is 7. The fourth-order valence-electron chi connectivity index (χ4n) is 8.60. The van der Waals surface area contributed by atoms with Gasteiger partial charge in [-0.25, -0.2) is 0 Å². The summed E-state index contributed by atoms with van der Waals surface area (Å²) in [6.07, 6.45) is 34.2. The van der Waals surface area contributed by atoms with Crippen LogP contribution >= 0.6 is 0 Å². The predicted molar refractivity (Wildman–Crippen MR) is 280 cm³/mol. The van der Waals surface area contributed by atoms with Gasteiger partial charge in [0.2, 0.25) is 0 Å². The van der Waals surface area contributed by atoms with Gasteiger partial charge < -0.3 is 64.2 Å². The standard InChI is InChI=1S/C57H98O15/c1-3-5-7-9-11-13-15-17-18-19-20-21-22-23-24-25-26-28-29-31-33-35-37-39-48(59)67-42-45(70-49(60)40-38-36-34-32-30-27-16-14-12-10-8-6-4-2)43-68-56-55(66)53(64)51(62)47(72-56)44-69-57-54(65)52(63)50(61)46(41-58)71-57/h6,8,10,12,14,16,27,30,32,34,45-47,50-58,61-66H,3-5,7,9,11,13,15,17-26,28-29,31,33,35-44H2,1-2H3/b8-6+,12-10+,16-14+,30-27+,34-32+/t45?,46-,47-,50+,51+,52?,53?,54?,55?,56-,57-/m1/s1. The molecule has 0 radical (unpaired) electrons. The number of carbonyl (C=O) groups excluding carboxylic acids is 2. The van der Waals surface area contributed by atoms with Crippen LogP contribution in [0.25, 0.3) is 0 Å². The summed E-state index contributed by atoms with van der Waals surface area (Å²) < 4.78 is 33.5. The van der Waals surface area contributed by atoms with E-state index in [4.69, 9.17) is 28.4 Å². The van der Waals surface area contributed by atoms with Crippen LogP contribution in [0.5, 0.6) is 0 Å². The average Bonchev–Trinajstić information content (AvgIpc) is 3.37. The third-order valence-corrected chi connectivity index (χ3v) is 13.1. The molecule has 15 nitrogen and oxygen atoms in total. The van der Waals surface area contributed by atoms with Crippen LogP contribution in [0.3, 0.4) is 0 Å². The molecule has 15 heteroatoms. The molecule has 7 N–H and O–H groups in total. The van der Waals surface area contributed by atoms with Crippen molar-refractivity contribution in [2.45, 2.75) is 261 Å². The molecule has 11 atom stereocenters. The maximum absolute atomic E-state index is 13.0. The molecular formula is C57H98O15. The number of allylic oxidation sites excluding steroid dienone is 10. The zero-order valence-electron chi connectivity index (χ0n) is 44.1. The molecule has 0 bridgehead atoms. The fourth-order valence-corrected chi connectivity index (χ4v) is 8.60. The van der Waals surface area contributed by atoms with E-state index >= 15 is 0 Å². The number of esters is 2. The summed E-state index contributed by atoms with van der Waals surface area (Å²) in [5, 5.41) is 72.1. The van der Waals surface area contributed by atoms with E-state index in [1.54, 1.807) is 0 Å². The summed E-state index contributed by atoms with van der Waals surface area (Å²) in [5.74, 6) is -1.01. The molecule has 72 heavy (non-hydrogen) atoms. The lowest BCUT2D eigenvalue weighted by atomic mass is 9.98. The SMILES string of the molecule is CC/C=C/C=C/C=C/C=C/C=C/CCCC(=O)OC(COC(=O)CCCCCCCCCCCCCCCCCCCCCCCCC)CO[C@@H]1O[C@H](CO[C@@H]2O[C@H](CO)[C@H](O)C(O)C2O)[C@H](O)C(O)C1O. The number of hydrogen-bond acceptors (Lipinski definition) is 15. The Balaban J connectivity index is 1.74. The van der Waals surface area contributed by atoms with Crippen LogP contribution in [0.2, 0.25) is 0 Å². The van der Waals surface area contributed by atoms with Crippen LogP contribution in [0, 0.1) is 0 Å². The van der Waals surface area contributed by atoms with Crippen LogP contribution in [-0.2, 0) is 38.0 Å². The van der Waals surface area contributed by atoms with Gasteiger partial charge >= 0.3 is 11.9 Å². The second kappa shape index (κ2) is 43.4. The minimum atomic E-state index is -1.78. The van der Waals surface area contributed by atoms with Crippen LogP contribution in [0.1, 0.15) is 194 Å². The molecule has 2 rings (SSSR count). The lowest BCUT2D eigenvalue weighted by Gasteiger charge is -2.42. The molecule has 2 fully saturated rings. The van der Waals surface area contributed by atoms with E-state index in [1.807, 2.05) is 54.7 Å². The van der Waals surface area contributed by atoms with Gasteiger partial charge in [-0.1, -0.05) is 216 Å². The van der Waals surface area contributed by atoms with Crippen molar-refractivity contribution in [2.75, 3.05) is 26.4 Å². The van der Waals surface area contributed by atoms with Gasteiger partial charge in [0.15, 0.2) is 18.7 Å². The van der Waals surface area contributed by atoms with Crippen molar-refractivity contribution in [3.05, 3.63) is 60.8 Å². The van der Waals surface area contributed by atoms with E-state index < -0.39 is 99.3 Å². The molecule has 2 aliphatic rings. The van der Waals surface area contributed by atoms with Crippen molar-refractivity contribution >= 4 is 11.9 Å².